The van der Waals surface area contributed by atoms with Crippen molar-refractivity contribution in [3.63, 3.8) is 0 Å². The Balaban J connectivity index is 1.66. The SMILES string of the molecule is O=C(OCc1cc(-c2ccco2)on1)c1cc(F)cc(F)c1. The topological polar surface area (TPSA) is 65.5 Å². The molecule has 0 spiro atoms. The Bertz CT molecular complexity index is 775. The van der Waals surface area contributed by atoms with Gasteiger partial charge in [-0.05, 0) is 24.3 Å². The van der Waals surface area contributed by atoms with Gasteiger partial charge >= 0.3 is 5.97 Å². The highest BCUT2D eigenvalue weighted by atomic mass is 19.1. The second-order valence-electron chi connectivity index (χ2n) is 4.39. The van der Waals surface area contributed by atoms with Gasteiger partial charge in [0.25, 0.3) is 0 Å². The maximum Gasteiger partial charge on any atom is 0.338 e. The lowest BCUT2D eigenvalue weighted by Gasteiger charge is -2.02. The number of carbonyl (C=O) groups excluding carboxylic acids is 1. The van der Waals surface area contributed by atoms with Gasteiger partial charge in [-0.3, -0.25) is 0 Å². The summed E-state index contributed by atoms with van der Waals surface area (Å²) >= 11 is 0. The smallest absolute Gasteiger partial charge is 0.338 e. The molecule has 2 aromatic heterocycles. The number of nitrogens with zero attached hydrogens (tertiary/aromatic N) is 1. The summed E-state index contributed by atoms with van der Waals surface area (Å²) in [5.41, 5.74) is 0.129. The summed E-state index contributed by atoms with van der Waals surface area (Å²) in [6, 6.07) is 7.37. The van der Waals surface area contributed by atoms with E-state index in [9.17, 15) is 13.6 Å². The fourth-order valence-corrected chi connectivity index (χ4v) is 1.81. The third-order valence-corrected chi connectivity index (χ3v) is 2.77. The number of hydrogen-bond donors (Lipinski definition) is 0. The van der Waals surface area contributed by atoms with Crippen molar-refractivity contribution in [1.29, 1.82) is 0 Å². The lowest BCUT2D eigenvalue weighted by molar-refractivity contribution is 0.0463. The van der Waals surface area contributed by atoms with Crippen LogP contribution in [0.1, 0.15) is 16.1 Å². The van der Waals surface area contributed by atoms with Crippen LogP contribution in [-0.4, -0.2) is 11.1 Å². The van der Waals surface area contributed by atoms with Crippen molar-refractivity contribution in [3.8, 4) is 11.5 Å². The molecule has 0 radical (unpaired) electrons. The van der Waals surface area contributed by atoms with Gasteiger partial charge in [-0.15, -0.1) is 0 Å². The van der Waals surface area contributed by atoms with Crippen LogP contribution in [0.3, 0.4) is 0 Å². The molecule has 2 heterocycles. The molecule has 7 heteroatoms. The van der Waals surface area contributed by atoms with Crippen molar-refractivity contribution in [1.82, 2.24) is 5.16 Å². The maximum absolute atomic E-state index is 13.0. The number of halogens is 2. The number of esters is 1. The summed E-state index contributed by atoms with van der Waals surface area (Å²) in [6.07, 6.45) is 1.48. The molecule has 0 N–H and O–H groups in total. The van der Waals surface area contributed by atoms with E-state index in [4.69, 9.17) is 13.7 Å². The van der Waals surface area contributed by atoms with E-state index in [1.165, 1.54) is 12.3 Å². The van der Waals surface area contributed by atoms with Crippen molar-refractivity contribution in [3.05, 3.63) is 65.6 Å². The fourth-order valence-electron chi connectivity index (χ4n) is 1.81. The average molecular weight is 305 g/mol. The molecule has 112 valence electrons. The van der Waals surface area contributed by atoms with E-state index < -0.39 is 17.6 Å². The molecule has 0 saturated carbocycles. The van der Waals surface area contributed by atoms with Gasteiger partial charge in [-0.1, -0.05) is 5.16 Å². The molecule has 0 bridgehead atoms. The number of ether oxygens (including phenoxy) is 1. The minimum atomic E-state index is -0.860. The molecule has 3 aromatic rings. The van der Waals surface area contributed by atoms with Gasteiger partial charge in [0.05, 0.1) is 11.8 Å². The van der Waals surface area contributed by atoms with E-state index in [0.29, 0.717) is 23.3 Å². The molecule has 0 amide bonds. The van der Waals surface area contributed by atoms with Crippen molar-refractivity contribution in [2.75, 3.05) is 0 Å². The van der Waals surface area contributed by atoms with Crippen LogP contribution in [0.4, 0.5) is 8.78 Å². The van der Waals surface area contributed by atoms with Crippen LogP contribution >= 0.6 is 0 Å². The van der Waals surface area contributed by atoms with Gasteiger partial charge in [0.2, 0.25) is 5.76 Å². The fraction of sp³-hybridized carbons (Fsp3) is 0.0667. The minimum Gasteiger partial charge on any atom is -0.461 e. The largest absolute Gasteiger partial charge is 0.461 e. The van der Waals surface area contributed by atoms with Crippen molar-refractivity contribution in [2.45, 2.75) is 6.61 Å². The van der Waals surface area contributed by atoms with Gasteiger partial charge < -0.3 is 13.7 Å². The van der Waals surface area contributed by atoms with E-state index in [-0.39, 0.29) is 12.2 Å². The quantitative estimate of drug-likeness (QED) is 0.689. The van der Waals surface area contributed by atoms with Crippen LogP contribution < -0.4 is 0 Å². The van der Waals surface area contributed by atoms with Crippen LogP contribution in [0.15, 0.2) is 51.6 Å². The van der Waals surface area contributed by atoms with Gasteiger partial charge in [-0.25, -0.2) is 13.6 Å². The van der Waals surface area contributed by atoms with Crippen LogP contribution in [0.5, 0.6) is 0 Å². The van der Waals surface area contributed by atoms with Gasteiger partial charge in [0.15, 0.2) is 5.76 Å². The Morgan fingerprint density at radius 1 is 1.14 bits per heavy atom. The molecule has 22 heavy (non-hydrogen) atoms. The van der Waals surface area contributed by atoms with Gasteiger partial charge in [0, 0.05) is 12.1 Å². The van der Waals surface area contributed by atoms with Crippen molar-refractivity contribution >= 4 is 5.97 Å². The molecule has 0 fully saturated rings. The highest BCUT2D eigenvalue weighted by Crippen LogP contribution is 2.21. The monoisotopic (exact) mass is 305 g/mol. The number of hydrogen-bond acceptors (Lipinski definition) is 5. The van der Waals surface area contributed by atoms with Crippen molar-refractivity contribution < 1.29 is 27.3 Å². The molecule has 0 aliphatic heterocycles. The first-order valence-corrected chi connectivity index (χ1v) is 6.24. The van der Waals surface area contributed by atoms with Crippen LogP contribution in [0.2, 0.25) is 0 Å². The summed E-state index contributed by atoms with van der Waals surface area (Å²) in [4.78, 5) is 11.7. The minimum absolute atomic E-state index is 0.193. The van der Waals surface area contributed by atoms with E-state index >= 15 is 0 Å². The molecule has 5 nitrogen and oxygen atoms in total. The molecular formula is C15H9F2NO4. The Morgan fingerprint density at radius 2 is 1.91 bits per heavy atom. The standard InChI is InChI=1S/C15H9F2NO4/c16-10-4-9(5-11(17)6-10)15(19)21-8-12-7-14(22-18-12)13-2-1-3-20-13/h1-7H,8H2. The Hall–Kier alpha value is -2.96. The maximum atomic E-state index is 13.0. The summed E-state index contributed by atoms with van der Waals surface area (Å²) in [5, 5.41) is 3.71. The van der Waals surface area contributed by atoms with Crippen LogP contribution in [0, 0.1) is 11.6 Å². The lowest BCUT2D eigenvalue weighted by atomic mass is 10.2. The normalized spacial score (nSPS) is 10.6. The lowest BCUT2D eigenvalue weighted by Crippen LogP contribution is -2.06. The Kier molecular flexibility index (Phi) is 3.69. The van der Waals surface area contributed by atoms with Crippen LogP contribution in [0.25, 0.3) is 11.5 Å². The third-order valence-electron chi connectivity index (χ3n) is 2.77. The first-order chi connectivity index (χ1) is 10.6. The van der Waals surface area contributed by atoms with Gasteiger partial charge in [0.1, 0.15) is 23.9 Å². The predicted molar refractivity (Wildman–Crippen MR) is 69.7 cm³/mol. The highest BCUT2D eigenvalue weighted by molar-refractivity contribution is 5.89. The summed E-state index contributed by atoms with van der Waals surface area (Å²) in [7, 11) is 0. The highest BCUT2D eigenvalue weighted by Gasteiger charge is 2.13. The molecule has 0 aliphatic carbocycles. The molecule has 0 unspecified atom stereocenters. The van der Waals surface area contributed by atoms with Crippen LogP contribution in [-0.2, 0) is 11.3 Å². The predicted octanol–water partition coefficient (Wildman–Crippen LogP) is 3.57. The first kappa shape index (κ1) is 14.0. The number of carbonyl (C=O) groups is 1. The van der Waals surface area contributed by atoms with E-state index in [2.05, 4.69) is 5.16 Å². The third kappa shape index (κ3) is 3.03. The first-order valence-electron chi connectivity index (χ1n) is 6.24. The van der Waals surface area contributed by atoms with E-state index in [0.717, 1.165) is 12.1 Å². The molecule has 0 atom stereocenters. The summed E-state index contributed by atoms with van der Waals surface area (Å²) in [5.74, 6) is -1.70. The van der Waals surface area contributed by atoms with Gasteiger partial charge in [-0.2, -0.15) is 0 Å². The molecule has 0 saturated heterocycles. The summed E-state index contributed by atoms with van der Waals surface area (Å²) in [6.45, 7) is -0.193. The Morgan fingerprint density at radius 3 is 2.59 bits per heavy atom. The van der Waals surface area contributed by atoms with Crippen molar-refractivity contribution in [2.24, 2.45) is 0 Å². The number of benzene rings is 1. The number of furan rings is 1. The Labute approximate surface area is 123 Å². The second kappa shape index (κ2) is 5.80. The molecular weight excluding hydrogens is 296 g/mol. The number of rotatable bonds is 4. The number of aromatic nitrogens is 1. The molecule has 0 aliphatic rings. The molecule has 1 aromatic carbocycles. The second-order valence-corrected chi connectivity index (χ2v) is 4.39. The zero-order chi connectivity index (χ0) is 15.5. The zero-order valence-corrected chi connectivity index (χ0v) is 11.1. The van der Waals surface area contributed by atoms with E-state index in [1.807, 2.05) is 0 Å². The zero-order valence-electron chi connectivity index (χ0n) is 11.1. The molecule has 3 rings (SSSR count). The summed E-state index contributed by atoms with van der Waals surface area (Å²) < 4.78 is 41.1. The average Bonchev–Trinajstić information content (AvgIpc) is 3.14. The van der Waals surface area contributed by atoms with E-state index in [1.54, 1.807) is 12.1 Å².